The lowest BCUT2D eigenvalue weighted by Crippen LogP contribution is -2.37. The van der Waals surface area contributed by atoms with Crippen LogP contribution in [0, 0.1) is 0 Å². The van der Waals surface area contributed by atoms with E-state index in [9.17, 15) is 13.2 Å². The average molecular weight is 399 g/mol. The molecule has 0 unspecified atom stereocenters. The molecule has 2 aromatic rings. The Morgan fingerprint density at radius 3 is 2.50 bits per heavy atom. The van der Waals surface area contributed by atoms with Crippen molar-refractivity contribution in [2.24, 2.45) is 0 Å². The maximum atomic E-state index is 13.0. The first-order valence-corrected chi connectivity index (χ1v) is 11.5. The van der Waals surface area contributed by atoms with Crippen LogP contribution < -0.4 is 4.72 Å². The Bertz CT molecular complexity index is 965. The molecule has 1 amide bonds. The number of sulfonamides is 1. The maximum absolute atomic E-state index is 13.0. The van der Waals surface area contributed by atoms with E-state index < -0.39 is 10.0 Å². The van der Waals surface area contributed by atoms with Gasteiger partial charge in [-0.2, -0.15) is 0 Å². The largest absolute Gasteiger partial charge is 0.334 e. The summed E-state index contributed by atoms with van der Waals surface area (Å²) in [6.07, 6.45) is 5.87. The highest BCUT2D eigenvalue weighted by atomic mass is 32.2. The molecular weight excluding hydrogens is 372 g/mol. The molecule has 5 nitrogen and oxygen atoms in total. The van der Waals surface area contributed by atoms with Gasteiger partial charge in [-0.3, -0.25) is 4.79 Å². The third-order valence-electron chi connectivity index (χ3n) is 5.74. The van der Waals surface area contributed by atoms with Gasteiger partial charge in [-0.1, -0.05) is 49.6 Å². The van der Waals surface area contributed by atoms with E-state index in [1.807, 2.05) is 18.2 Å². The van der Waals surface area contributed by atoms with Crippen LogP contribution in [-0.4, -0.2) is 31.8 Å². The van der Waals surface area contributed by atoms with E-state index in [0.717, 1.165) is 37.7 Å². The van der Waals surface area contributed by atoms with E-state index in [0.29, 0.717) is 18.7 Å². The minimum atomic E-state index is -3.62. The second-order valence-electron chi connectivity index (χ2n) is 7.73. The number of carbonyl (C=O) groups is 1. The number of amides is 1. The third-order valence-corrected chi connectivity index (χ3v) is 7.25. The van der Waals surface area contributed by atoms with Crippen LogP contribution in [0.15, 0.2) is 53.4 Å². The minimum absolute atomic E-state index is 0.00305. The van der Waals surface area contributed by atoms with Crippen molar-refractivity contribution in [1.29, 1.82) is 0 Å². The molecule has 28 heavy (non-hydrogen) atoms. The molecular formula is C22H26N2O3S. The molecule has 6 heteroatoms. The predicted molar refractivity (Wildman–Crippen MR) is 109 cm³/mol. The molecule has 0 bridgehead atoms. The van der Waals surface area contributed by atoms with Crippen molar-refractivity contribution in [2.45, 2.75) is 56.0 Å². The summed E-state index contributed by atoms with van der Waals surface area (Å²) in [6.45, 7) is 1.21. The average Bonchev–Trinajstić information content (AvgIpc) is 2.73. The van der Waals surface area contributed by atoms with Crippen molar-refractivity contribution in [3.63, 3.8) is 0 Å². The van der Waals surface area contributed by atoms with Crippen LogP contribution in [0.4, 0.5) is 0 Å². The summed E-state index contributed by atoms with van der Waals surface area (Å²) in [5.74, 6) is -0.121. The second kappa shape index (κ2) is 8.05. The molecule has 2 aromatic carbocycles. The highest BCUT2D eigenvalue weighted by Gasteiger charge is 2.25. The topological polar surface area (TPSA) is 66.5 Å². The van der Waals surface area contributed by atoms with Crippen molar-refractivity contribution in [3.05, 3.63) is 65.2 Å². The van der Waals surface area contributed by atoms with Gasteiger partial charge in [0, 0.05) is 24.7 Å². The predicted octanol–water partition coefficient (Wildman–Crippen LogP) is 3.50. The van der Waals surface area contributed by atoms with Gasteiger partial charge in [0.2, 0.25) is 10.0 Å². The second-order valence-corrected chi connectivity index (χ2v) is 9.44. The van der Waals surface area contributed by atoms with Crippen LogP contribution in [0.25, 0.3) is 0 Å². The number of hydrogen-bond donors (Lipinski definition) is 1. The monoisotopic (exact) mass is 398 g/mol. The van der Waals surface area contributed by atoms with Crippen LogP contribution >= 0.6 is 0 Å². The Morgan fingerprint density at radius 2 is 1.71 bits per heavy atom. The zero-order valence-electron chi connectivity index (χ0n) is 15.9. The number of fused-ring (bicyclic) bond motifs is 1. The van der Waals surface area contributed by atoms with Crippen molar-refractivity contribution >= 4 is 15.9 Å². The van der Waals surface area contributed by atoms with Gasteiger partial charge in [-0.25, -0.2) is 13.1 Å². The highest BCUT2D eigenvalue weighted by Crippen LogP contribution is 2.23. The molecule has 148 valence electrons. The summed E-state index contributed by atoms with van der Waals surface area (Å²) in [5.41, 5.74) is 2.86. The van der Waals surface area contributed by atoms with E-state index in [-0.39, 0.29) is 16.8 Å². The Balaban J connectivity index is 1.51. The smallest absolute Gasteiger partial charge is 0.254 e. The van der Waals surface area contributed by atoms with E-state index in [2.05, 4.69) is 10.8 Å². The first-order valence-electron chi connectivity index (χ1n) is 10.0. The molecule has 0 saturated heterocycles. The number of carbonyl (C=O) groups excluding carboxylic acids is 1. The normalized spacial score (nSPS) is 17.9. The quantitative estimate of drug-likeness (QED) is 0.857. The lowest BCUT2D eigenvalue weighted by Gasteiger charge is -2.29. The molecule has 1 fully saturated rings. The molecule has 1 aliphatic heterocycles. The molecule has 4 rings (SSSR count). The standard InChI is InChI=1S/C22H26N2O3S/c25-22(24-14-13-17-7-4-5-8-19(17)16-24)18-9-6-12-21(15-18)28(26,27)23-20-10-2-1-3-11-20/h4-9,12,15,20,23H,1-3,10-11,13-14,16H2. The fourth-order valence-electron chi connectivity index (χ4n) is 4.16. The number of hydrogen-bond acceptors (Lipinski definition) is 3. The lowest BCUT2D eigenvalue weighted by molar-refractivity contribution is 0.0734. The Labute approximate surface area is 166 Å². The fourth-order valence-corrected chi connectivity index (χ4v) is 5.51. The molecule has 0 spiro atoms. The molecule has 1 heterocycles. The van der Waals surface area contributed by atoms with Crippen LogP contribution in [0.3, 0.4) is 0 Å². The van der Waals surface area contributed by atoms with Crippen molar-refractivity contribution in [3.8, 4) is 0 Å². The molecule has 0 radical (unpaired) electrons. The van der Waals surface area contributed by atoms with E-state index in [1.165, 1.54) is 18.1 Å². The van der Waals surface area contributed by atoms with Gasteiger partial charge in [-0.15, -0.1) is 0 Å². The maximum Gasteiger partial charge on any atom is 0.254 e. The first kappa shape index (κ1) is 19.2. The summed E-state index contributed by atoms with van der Waals surface area (Å²) < 4.78 is 28.4. The number of benzene rings is 2. The van der Waals surface area contributed by atoms with Crippen molar-refractivity contribution in [2.75, 3.05) is 6.54 Å². The van der Waals surface area contributed by atoms with Gasteiger partial charge >= 0.3 is 0 Å². The summed E-state index contributed by atoms with van der Waals surface area (Å²) >= 11 is 0. The number of nitrogens with one attached hydrogen (secondary N) is 1. The van der Waals surface area contributed by atoms with Gasteiger partial charge in [0.05, 0.1) is 4.90 Å². The van der Waals surface area contributed by atoms with Crippen LogP contribution in [0.5, 0.6) is 0 Å². The van der Waals surface area contributed by atoms with E-state index in [1.54, 1.807) is 23.1 Å². The summed E-state index contributed by atoms with van der Waals surface area (Å²) in [5, 5.41) is 0. The van der Waals surface area contributed by atoms with Gasteiger partial charge < -0.3 is 4.90 Å². The fraction of sp³-hybridized carbons (Fsp3) is 0.409. The van der Waals surface area contributed by atoms with Crippen molar-refractivity contribution in [1.82, 2.24) is 9.62 Å². The summed E-state index contributed by atoms with van der Waals surface area (Å²) in [7, 11) is -3.62. The summed E-state index contributed by atoms with van der Waals surface area (Å²) in [4.78, 5) is 15.0. The lowest BCUT2D eigenvalue weighted by atomic mass is 9.96. The van der Waals surface area contributed by atoms with E-state index in [4.69, 9.17) is 0 Å². The SMILES string of the molecule is O=C(c1cccc(S(=O)(=O)NC2CCCCC2)c1)N1CCc2ccccc2C1. The molecule has 0 atom stereocenters. The zero-order chi connectivity index (χ0) is 19.6. The molecule has 2 aliphatic rings. The molecule has 0 aromatic heterocycles. The Morgan fingerprint density at radius 1 is 0.964 bits per heavy atom. The Kier molecular flexibility index (Phi) is 5.51. The molecule has 1 saturated carbocycles. The molecule has 1 N–H and O–H groups in total. The highest BCUT2D eigenvalue weighted by molar-refractivity contribution is 7.89. The van der Waals surface area contributed by atoms with Crippen molar-refractivity contribution < 1.29 is 13.2 Å². The van der Waals surface area contributed by atoms with Crippen LogP contribution in [0.1, 0.15) is 53.6 Å². The van der Waals surface area contributed by atoms with Crippen LogP contribution in [0.2, 0.25) is 0 Å². The van der Waals surface area contributed by atoms with Gasteiger partial charge in [0.1, 0.15) is 0 Å². The first-order chi connectivity index (χ1) is 13.5. The summed E-state index contributed by atoms with van der Waals surface area (Å²) in [6, 6.07) is 14.6. The molecule has 1 aliphatic carbocycles. The third kappa shape index (κ3) is 4.13. The Hall–Kier alpha value is -2.18. The minimum Gasteiger partial charge on any atom is -0.334 e. The number of rotatable bonds is 4. The van der Waals surface area contributed by atoms with Crippen LogP contribution in [-0.2, 0) is 23.0 Å². The van der Waals surface area contributed by atoms with Gasteiger partial charge in [0.15, 0.2) is 0 Å². The van der Waals surface area contributed by atoms with E-state index >= 15 is 0 Å². The van der Waals surface area contributed by atoms with Gasteiger partial charge in [-0.05, 0) is 48.6 Å². The number of nitrogens with zero attached hydrogens (tertiary/aromatic N) is 1. The van der Waals surface area contributed by atoms with Gasteiger partial charge in [0.25, 0.3) is 5.91 Å². The zero-order valence-corrected chi connectivity index (χ0v) is 16.7.